The van der Waals surface area contributed by atoms with Gasteiger partial charge in [0.05, 0.1) is 19.1 Å². The van der Waals surface area contributed by atoms with Crippen molar-refractivity contribution in [3.63, 3.8) is 0 Å². The van der Waals surface area contributed by atoms with E-state index in [1.807, 2.05) is 0 Å². The maximum absolute atomic E-state index is 12.4. The Morgan fingerprint density at radius 2 is 1.85 bits per heavy atom. The summed E-state index contributed by atoms with van der Waals surface area (Å²) >= 11 is 0. The highest BCUT2D eigenvalue weighted by molar-refractivity contribution is 5.94. The molecule has 3 N–H and O–H groups in total. The van der Waals surface area contributed by atoms with E-state index in [9.17, 15) is 14.7 Å². The Balaban J connectivity index is 1.52. The molecule has 0 spiro atoms. The van der Waals surface area contributed by atoms with E-state index in [0.717, 1.165) is 18.4 Å². The Morgan fingerprint density at radius 1 is 1.19 bits per heavy atom. The summed E-state index contributed by atoms with van der Waals surface area (Å²) in [5, 5.41) is 15.9. The van der Waals surface area contributed by atoms with E-state index in [1.165, 1.54) is 0 Å². The van der Waals surface area contributed by atoms with Gasteiger partial charge in [-0.3, -0.25) is 4.79 Å². The summed E-state index contributed by atoms with van der Waals surface area (Å²) in [7, 11) is 0. The standard InChI is InChI=1S/C19H26N2O5/c1-18(2,3)26-17(23)21-15-9-8-14(15)16(22)20-13-6-4-12(5-7-13)19(24)10-25-11-19/h4-7,14-15,24H,8-11H2,1-3H3,(H,20,22)(H,21,23)/t14-,15+/m0/s1. The average molecular weight is 362 g/mol. The molecule has 2 atom stereocenters. The van der Waals surface area contributed by atoms with Gasteiger partial charge in [-0.2, -0.15) is 0 Å². The SMILES string of the molecule is CC(C)(C)OC(=O)N[C@@H]1CC[C@@H]1C(=O)Nc1ccc(C2(O)COC2)cc1. The molecule has 26 heavy (non-hydrogen) atoms. The Morgan fingerprint density at radius 3 is 2.31 bits per heavy atom. The molecule has 1 aromatic carbocycles. The number of carbonyl (C=O) groups is 2. The molecule has 1 aliphatic heterocycles. The fourth-order valence-electron chi connectivity index (χ4n) is 3.01. The zero-order chi connectivity index (χ0) is 18.9. The first-order chi connectivity index (χ1) is 12.2. The summed E-state index contributed by atoms with van der Waals surface area (Å²) < 4.78 is 10.3. The maximum atomic E-state index is 12.4. The van der Waals surface area contributed by atoms with Crippen LogP contribution in [0.5, 0.6) is 0 Å². The summed E-state index contributed by atoms with van der Waals surface area (Å²) in [6.07, 6.45) is 0.977. The van der Waals surface area contributed by atoms with Crippen LogP contribution in [0.4, 0.5) is 10.5 Å². The van der Waals surface area contributed by atoms with Gasteiger partial charge in [0.2, 0.25) is 5.91 Å². The van der Waals surface area contributed by atoms with Crippen molar-refractivity contribution in [3.05, 3.63) is 29.8 Å². The first-order valence-electron chi connectivity index (χ1n) is 8.87. The number of hydrogen-bond donors (Lipinski definition) is 3. The lowest BCUT2D eigenvalue weighted by Crippen LogP contribution is -2.52. The smallest absolute Gasteiger partial charge is 0.407 e. The quantitative estimate of drug-likeness (QED) is 0.763. The highest BCUT2D eigenvalue weighted by Gasteiger charge is 2.39. The first kappa shape index (κ1) is 18.7. The molecular weight excluding hydrogens is 336 g/mol. The Hall–Kier alpha value is -2.12. The van der Waals surface area contributed by atoms with Crippen molar-refractivity contribution < 1.29 is 24.2 Å². The number of nitrogens with one attached hydrogen (secondary N) is 2. The van der Waals surface area contributed by atoms with Crippen molar-refractivity contribution in [3.8, 4) is 0 Å². The lowest BCUT2D eigenvalue weighted by Gasteiger charge is -2.37. The molecule has 1 saturated carbocycles. The molecule has 142 valence electrons. The highest BCUT2D eigenvalue weighted by Crippen LogP contribution is 2.31. The van der Waals surface area contributed by atoms with Gasteiger partial charge in [0.15, 0.2) is 0 Å². The molecular formula is C19H26N2O5. The summed E-state index contributed by atoms with van der Waals surface area (Å²) in [6.45, 7) is 5.98. The van der Waals surface area contributed by atoms with E-state index < -0.39 is 17.3 Å². The minimum Gasteiger partial charge on any atom is -0.444 e. The number of hydrogen-bond acceptors (Lipinski definition) is 5. The van der Waals surface area contributed by atoms with Crippen molar-refractivity contribution in [2.45, 2.75) is 50.9 Å². The van der Waals surface area contributed by atoms with Gasteiger partial charge in [0, 0.05) is 11.7 Å². The van der Waals surface area contributed by atoms with Gasteiger partial charge in [0.25, 0.3) is 0 Å². The van der Waals surface area contributed by atoms with Gasteiger partial charge in [-0.05, 0) is 51.3 Å². The van der Waals surface area contributed by atoms with Crippen molar-refractivity contribution in [1.82, 2.24) is 5.32 Å². The van der Waals surface area contributed by atoms with E-state index in [0.29, 0.717) is 18.9 Å². The second-order valence-electron chi connectivity index (χ2n) is 8.03. The van der Waals surface area contributed by atoms with Gasteiger partial charge in [-0.1, -0.05) is 12.1 Å². The van der Waals surface area contributed by atoms with Gasteiger partial charge in [-0.25, -0.2) is 4.79 Å². The van der Waals surface area contributed by atoms with Crippen molar-refractivity contribution in [2.24, 2.45) is 5.92 Å². The Bertz CT molecular complexity index is 676. The molecule has 1 aromatic rings. The van der Waals surface area contributed by atoms with E-state index in [4.69, 9.17) is 9.47 Å². The van der Waals surface area contributed by atoms with Crippen LogP contribution in [0.1, 0.15) is 39.2 Å². The van der Waals surface area contributed by atoms with Gasteiger partial charge in [0.1, 0.15) is 11.2 Å². The summed E-state index contributed by atoms with van der Waals surface area (Å²) in [5.74, 6) is -0.401. The molecule has 0 radical (unpaired) electrons. The van der Waals surface area contributed by atoms with Crippen LogP contribution in [0.2, 0.25) is 0 Å². The number of alkyl carbamates (subject to hydrolysis) is 1. The predicted octanol–water partition coefficient (Wildman–Crippen LogP) is 2.15. The van der Waals surface area contributed by atoms with Crippen LogP contribution in [0.3, 0.4) is 0 Å². The average Bonchev–Trinajstić information content (AvgIpc) is 2.48. The molecule has 0 bridgehead atoms. The lowest BCUT2D eigenvalue weighted by molar-refractivity contribution is -0.184. The molecule has 0 aromatic heterocycles. The Labute approximate surface area is 153 Å². The fraction of sp³-hybridized carbons (Fsp3) is 0.579. The molecule has 7 heteroatoms. The van der Waals surface area contributed by atoms with E-state index in [1.54, 1.807) is 45.0 Å². The summed E-state index contributed by atoms with van der Waals surface area (Å²) in [4.78, 5) is 24.3. The second-order valence-corrected chi connectivity index (χ2v) is 8.03. The second kappa shape index (κ2) is 6.89. The van der Waals surface area contributed by atoms with Crippen molar-refractivity contribution >= 4 is 17.7 Å². The Kier molecular flexibility index (Phi) is 4.94. The minimum absolute atomic E-state index is 0.129. The highest BCUT2D eigenvalue weighted by atomic mass is 16.6. The maximum Gasteiger partial charge on any atom is 0.407 e. The summed E-state index contributed by atoms with van der Waals surface area (Å²) in [5.41, 5.74) is -0.0534. The largest absolute Gasteiger partial charge is 0.444 e. The zero-order valence-electron chi connectivity index (χ0n) is 15.4. The molecule has 2 aliphatic rings. The van der Waals surface area contributed by atoms with Crippen molar-refractivity contribution in [1.29, 1.82) is 0 Å². The van der Waals surface area contributed by atoms with Gasteiger partial charge >= 0.3 is 6.09 Å². The lowest BCUT2D eigenvalue weighted by atomic mass is 9.79. The number of ether oxygens (including phenoxy) is 2. The third kappa shape index (κ3) is 4.16. The summed E-state index contributed by atoms with van der Waals surface area (Å²) in [6, 6.07) is 6.89. The van der Waals surface area contributed by atoms with Gasteiger partial charge < -0.3 is 25.2 Å². The predicted molar refractivity (Wildman–Crippen MR) is 95.7 cm³/mol. The molecule has 1 heterocycles. The number of anilines is 1. The molecule has 2 fully saturated rings. The zero-order valence-corrected chi connectivity index (χ0v) is 15.4. The van der Waals surface area contributed by atoms with Crippen LogP contribution in [0.25, 0.3) is 0 Å². The monoisotopic (exact) mass is 362 g/mol. The number of aliphatic hydroxyl groups is 1. The minimum atomic E-state index is -0.918. The van der Waals surface area contributed by atoms with E-state index in [2.05, 4.69) is 10.6 Å². The van der Waals surface area contributed by atoms with Crippen molar-refractivity contribution in [2.75, 3.05) is 18.5 Å². The number of rotatable bonds is 4. The third-order valence-electron chi connectivity index (χ3n) is 4.68. The third-order valence-corrected chi connectivity index (χ3v) is 4.68. The van der Waals surface area contributed by atoms with Crippen LogP contribution in [-0.2, 0) is 19.9 Å². The molecule has 1 saturated heterocycles. The molecule has 7 nitrogen and oxygen atoms in total. The number of carbonyl (C=O) groups excluding carboxylic acids is 2. The molecule has 0 unspecified atom stereocenters. The number of amides is 2. The number of benzene rings is 1. The van der Waals surface area contributed by atoms with Crippen LogP contribution >= 0.6 is 0 Å². The molecule has 3 rings (SSSR count). The molecule has 1 aliphatic carbocycles. The van der Waals surface area contributed by atoms with E-state index >= 15 is 0 Å². The van der Waals surface area contributed by atoms with Crippen LogP contribution in [-0.4, -0.2) is 42.0 Å². The van der Waals surface area contributed by atoms with Crippen LogP contribution in [0.15, 0.2) is 24.3 Å². The van der Waals surface area contributed by atoms with E-state index in [-0.39, 0.29) is 17.9 Å². The van der Waals surface area contributed by atoms with Gasteiger partial charge in [-0.15, -0.1) is 0 Å². The van der Waals surface area contributed by atoms with Crippen LogP contribution < -0.4 is 10.6 Å². The topological polar surface area (TPSA) is 96.9 Å². The fourth-order valence-corrected chi connectivity index (χ4v) is 3.01. The normalized spacial score (nSPS) is 24.0. The van der Waals surface area contributed by atoms with Crippen LogP contribution in [0, 0.1) is 5.92 Å². The molecule has 2 amide bonds. The first-order valence-corrected chi connectivity index (χ1v) is 8.87.